The molecule has 0 aliphatic rings. The van der Waals surface area contributed by atoms with Crippen LogP contribution in [0.15, 0.2) is 66.7 Å². The second kappa shape index (κ2) is 7.45. The van der Waals surface area contributed by atoms with Gasteiger partial charge in [-0.1, -0.05) is 12.1 Å². The van der Waals surface area contributed by atoms with Crippen LogP contribution in [0.3, 0.4) is 0 Å². The molecule has 2 N–H and O–H groups in total. The lowest BCUT2D eigenvalue weighted by Gasteiger charge is -2.07. The number of carbonyl (C=O) groups is 1. The fourth-order valence-corrected chi connectivity index (χ4v) is 3.21. The van der Waals surface area contributed by atoms with Gasteiger partial charge in [-0.15, -0.1) is 10.2 Å². The lowest BCUT2D eigenvalue weighted by Crippen LogP contribution is -2.12. The molecule has 0 saturated carbocycles. The van der Waals surface area contributed by atoms with E-state index in [0.29, 0.717) is 34.1 Å². The van der Waals surface area contributed by atoms with Crippen LogP contribution in [-0.4, -0.2) is 35.9 Å². The average molecular weight is 413 g/mol. The van der Waals surface area contributed by atoms with Crippen molar-refractivity contribution in [1.29, 1.82) is 0 Å². The Balaban J connectivity index is 1.37. The van der Waals surface area contributed by atoms with Crippen molar-refractivity contribution in [3.05, 3.63) is 84.1 Å². The molecule has 2 aromatic carbocycles. The molecule has 5 aromatic rings. The third-order valence-electron chi connectivity index (χ3n) is 4.80. The second-order valence-electron chi connectivity index (χ2n) is 6.94. The predicted octanol–water partition coefficient (Wildman–Crippen LogP) is 3.88. The van der Waals surface area contributed by atoms with Gasteiger partial charge in [0.2, 0.25) is 0 Å². The number of rotatable bonds is 4. The lowest BCUT2D eigenvalue weighted by molar-refractivity contribution is 0.102. The van der Waals surface area contributed by atoms with Crippen molar-refractivity contribution < 1.29 is 9.18 Å². The number of nitrogens with one attached hydrogen (secondary N) is 2. The molecule has 1 amide bonds. The first kappa shape index (κ1) is 18.6. The molecule has 0 unspecified atom stereocenters. The Hall–Kier alpha value is -4.40. The molecule has 0 aliphatic heterocycles. The van der Waals surface area contributed by atoms with Crippen molar-refractivity contribution in [2.75, 3.05) is 5.32 Å². The van der Waals surface area contributed by atoms with E-state index < -0.39 is 0 Å². The predicted molar refractivity (Wildman–Crippen MR) is 113 cm³/mol. The summed E-state index contributed by atoms with van der Waals surface area (Å²) in [6.45, 7) is 1.83. The molecule has 152 valence electrons. The summed E-state index contributed by atoms with van der Waals surface area (Å²) in [5, 5.41) is 22.3. The van der Waals surface area contributed by atoms with Gasteiger partial charge in [0, 0.05) is 16.8 Å². The average Bonchev–Trinajstić information content (AvgIpc) is 3.42. The molecule has 8 nitrogen and oxygen atoms in total. The number of aryl methyl sites for hydroxylation is 1. The van der Waals surface area contributed by atoms with Gasteiger partial charge < -0.3 is 5.32 Å². The zero-order valence-electron chi connectivity index (χ0n) is 16.4. The lowest BCUT2D eigenvalue weighted by atomic mass is 10.1. The normalized spacial score (nSPS) is 11.0. The molecule has 0 spiro atoms. The van der Waals surface area contributed by atoms with E-state index in [1.54, 1.807) is 28.8 Å². The molecular weight excluding hydrogens is 397 g/mol. The number of amides is 1. The highest BCUT2D eigenvalue weighted by Gasteiger charge is 2.13. The van der Waals surface area contributed by atoms with E-state index in [9.17, 15) is 9.18 Å². The standard InChI is InChI=1S/C22H16FN7O/c1-13-25-28-21-10-9-18(29-30(13)21)15-3-2-4-17(11-15)24-22(31)20-12-19(26-27-20)14-5-7-16(23)8-6-14/h2-12H,1H3,(H,24,31)(H,26,27). The summed E-state index contributed by atoms with van der Waals surface area (Å²) in [7, 11) is 0. The van der Waals surface area contributed by atoms with Gasteiger partial charge in [0.1, 0.15) is 11.5 Å². The van der Waals surface area contributed by atoms with Gasteiger partial charge in [0.25, 0.3) is 5.91 Å². The third kappa shape index (κ3) is 3.64. The maximum absolute atomic E-state index is 13.1. The van der Waals surface area contributed by atoms with E-state index in [1.165, 1.54) is 12.1 Å². The summed E-state index contributed by atoms with van der Waals surface area (Å²) in [6, 6.07) is 18.6. The number of halogens is 1. The maximum Gasteiger partial charge on any atom is 0.273 e. The number of hydrogen-bond donors (Lipinski definition) is 2. The molecule has 9 heteroatoms. The number of fused-ring (bicyclic) bond motifs is 1. The smallest absolute Gasteiger partial charge is 0.273 e. The summed E-state index contributed by atoms with van der Waals surface area (Å²) in [6.07, 6.45) is 0. The van der Waals surface area contributed by atoms with E-state index in [1.807, 2.05) is 37.3 Å². The molecule has 0 radical (unpaired) electrons. The van der Waals surface area contributed by atoms with Crippen LogP contribution in [0.1, 0.15) is 16.3 Å². The highest BCUT2D eigenvalue weighted by molar-refractivity contribution is 6.03. The number of carbonyl (C=O) groups excluding carboxylic acids is 1. The van der Waals surface area contributed by atoms with Crippen molar-refractivity contribution in [3.63, 3.8) is 0 Å². The fraction of sp³-hybridized carbons (Fsp3) is 0.0455. The molecule has 0 atom stereocenters. The van der Waals surface area contributed by atoms with Crippen LogP contribution in [-0.2, 0) is 0 Å². The van der Waals surface area contributed by atoms with Crippen LogP contribution in [0.25, 0.3) is 28.2 Å². The molecular formula is C22H16FN7O. The van der Waals surface area contributed by atoms with Crippen LogP contribution in [0.4, 0.5) is 10.1 Å². The second-order valence-corrected chi connectivity index (χ2v) is 6.94. The topological polar surface area (TPSA) is 101 Å². The number of aromatic nitrogens is 6. The molecule has 0 bridgehead atoms. The SMILES string of the molecule is Cc1nnc2ccc(-c3cccc(NC(=O)c4cc(-c5ccc(F)cc5)n[nH]4)c3)nn12. The molecule has 0 saturated heterocycles. The molecule has 5 rings (SSSR count). The summed E-state index contributed by atoms with van der Waals surface area (Å²) >= 11 is 0. The molecule has 0 aliphatic carbocycles. The van der Waals surface area contributed by atoms with Gasteiger partial charge >= 0.3 is 0 Å². The first-order valence-corrected chi connectivity index (χ1v) is 9.49. The molecule has 3 heterocycles. The fourth-order valence-electron chi connectivity index (χ4n) is 3.21. The number of aromatic amines is 1. The van der Waals surface area contributed by atoms with Crippen LogP contribution in [0.2, 0.25) is 0 Å². The van der Waals surface area contributed by atoms with E-state index in [-0.39, 0.29) is 11.7 Å². The van der Waals surface area contributed by atoms with Crippen molar-refractivity contribution in [2.45, 2.75) is 6.92 Å². The van der Waals surface area contributed by atoms with E-state index in [4.69, 9.17) is 0 Å². The summed E-state index contributed by atoms with van der Waals surface area (Å²) in [5.74, 6) is 0.0267. The van der Waals surface area contributed by atoms with Gasteiger partial charge in [-0.25, -0.2) is 4.39 Å². The number of nitrogens with zero attached hydrogens (tertiary/aromatic N) is 5. The van der Waals surface area contributed by atoms with Crippen molar-refractivity contribution >= 4 is 17.2 Å². The number of anilines is 1. The first-order valence-electron chi connectivity index (χ1n) is 9.49. The van der Waals surface area contributed by atoms with Crippen molar-refractivity contribution in [1.82, 2.24) is 30.0 Å². The summed E-state index contributed by atoms with van der Waals surface area (Å²) in [4.78, 5) is 12.7. The number of benzene rings is 2. The zero-order valence-corrected chi connectivity index (χ0v) is 16.4. The Morgan fingerprint density at radius 2 is 1.81 bits per heavy atom. The number of H-pyrrole nitrogens is 1. The molecule has 3 aromatic heterocycles. The van der Waals surface area contributed by atoms with Gasteiger partial charge in [-0.3, -0.25) is 9.89 Å². The van der Waals surface area contributed by atoms with Gasteiger partial charge in [-0.2, -0.15) is 14.7 Å². The number of hydrogen-bond acceptors (Lipinski definition) is 5. The van der Waals surface area contributed by atoms with E-state index >= 15 is 0 Å². The minimum Gasteiger partial charge on any atom is -0.321 e. The minimum absolute atomic E-state index is 0.296. The maximum atomic E-state index is 13.1. The van der Waals surface area contributed by atoms with E-state index in [0.717, 1.165) is 11.3 Å². The highest BCUT2D eigenvalue weighted by atomic mass is 19.1. The third-order valence-corrected chi connectivity index (χ3v) is 4.80. The van der Waals surface area contributed by atoms with Gasteiger partial charge in [0.05, 0.1) is 11.4 Å². The highest BCUT2D eigenvalue weighted by Crippen LogP contribution is 2.23. The quantitative estimate of drug-likeness (QED) is 0.466. The Morgan fingerprint density at radius 3 is 2.65 bits per heavy atom. The van der Waals surface area contributed by atoms with Crippen molar-refractivity contribution in [3.8, 4) is 22.5 Å². The van der Waals surface area contributed by atoms with Crippen molar-refractivity contribution in [2.24, 2.45) is 0 Å². The Labute approximate surface area is 175 Å². The van der Waals surface area contributed by atoms with Crippen LogP contribution in [0.5, 0.6) is 0 Å². The first-order chi connectivity index (χ1) is 15.1. The molecule has 31 heavy (non-hydrogen) atoms. The summed E-state index contributed by atoms with van der Waals surface area (Å²) < 4.78 is 14.8. The zero-order chi connectivity index (χ0) is 21.4. The monoisotopic (exact) mass is 413 g/mol. The Bertz CT molecular complexity index is 1410. The van der Waals surface area contributed by atoms with E-state index in [2.05, 4.69) is 30.8 Å². The molecule has 0 fully saturated rings. The van der Waals surface area contributed by atoms with Crippen LogP contribution < -0.4 is 5.32 Å². The van der Waals surface area contributed by atoms with Crippen LogP contribution in [0, 0.1) is 12.7 Å². The summed E-state index contributed by atoms with van der Waals surface area (Å²) in [5.41, 5.74) is 4.41. The minimum atomic E-state index is -0.337. The Kier molecular flexibility index (Phi) is 4.47. The largest absolute Gasteiger partial charge is 0.321 e. The van der Waals surface area contributed by atoms with Gasteiger partial charge in [-0.05, 0) is 61.5 Å². The Morgan fingerprint density at radius 1 is 0.968 bits per heavy atom. The van der Waals surface area contributed by atoms with Gasteiger partial charge in [0.15, 0.2) is 11.5 Å². The van der Waals surface area contributed by atoms with Crippen LogP contribution >= 0.6 is 0 Å².